The molecule has 70 valence electrons. The lowest BCUT2D eigenvalue weighted by Crippen LogP contribution is -2.30. The summed E-state index contributed by atoms with van der Waals surface area (Å²) in [5.41, 5.74) is 1.42. The van der Waals surface area contributed by atoms with Gasteiger partial charge in [0.25, 0.3) is 0 Å². The first kappa shape index (κ1) is 8.70. The van der Waals surface area contributed by atoms with Crippen molar-refractivity contribution in [3.63, 3.8) is 0 Å². The molecule has 1 aliphatic heterocycles. The molecule has 0 amide bonds. The number of hydrogen-bond donors (Lipinski definition) is 1. The molecule has 2 nitrogen and oxygen atoms in total. The second kappa shape index (κ2) is 4.38. The molecule has 1 aromatic rings. The Morgan fingerprint density at radius 1 is 1.38 bits per heavy atom. The van der Waals surface area contributed by atoms with E-state index >= 15 is 0 Å². The molecule has 2 rings (SSSR count). The molecule has 0 spiro atoms. The van der Waals surface area contributed by atoms with Gasteiger partial charge in [-0.15, -0.1) is 0 Å². The predicted molar refractivity (Wildman–Crippen MR) is 53.5 cm³/mol. The van der Waals surface area contributed by atoms with Gasteiger partial charge in [0.05, 0.1) is 0 Å². The summed E-state index contributed by atoms with van der Waals surface area (Å²) in [4.78, 5) is 4.02. The topological polar surface area (TPSA) is 24.9 Å². The minimum absolute atomic E-state index is 0.830. The van der Waals surface area contributed by atoms with Crippen LogP contribution in [0.4, 0.5) is 0 Å². The van der Waals surface area contributed by atoms with Crippen molar-refractivity contribution in [2.45, 2.75) is 19.3 Å². The molecule has 0 aromatic carbocycles. The first-order valence-electron chi connectivity index (χ1n) is 5.05. The molecule has 1 aromatic heterocycles. The number of aromatic nitrogens is 1. The number of rotatable bonds is 2. The fraction of sp³-hybridized carbons (Fsp3) is 0.545. The van der Waals surface area contributed by atoms with E-state index in [1.165, 1.54) is 37.9 Å². The number of piperidine rings is 1. The van der Waals surface area contributed by atoms with E-state index < -0.39 is 0 Å². The Hall–Kier alpha value is -0.890. The fourth-order valence-electron chi connectivity index (χ4n) is 1.95. The molecule has 2 heterocycles. The Labute approximate surface area is 79.4 Å². The van der Waals surface area contributed by atoms with E-state index in [9.17, 15) is 0 Å². The van der Waals surface area contributed by atoms with Crippen LogP contribution >= 0.6 is 0 Å². The van der Waals surface area contributed by atoms with Crippen LogP contribution in [0.5, 0.6) is 0 Å². The third kappa shape index (κ3) is 2.52. The van der Waals surface area contributed by atoms with Gasteiger partial charge in [0, 0.05) is 12.4 Å². The van der Waals surface area contributed by atoms with Crippen LogP contribution < -0.4 is 5.32 Å². The van der Waals surface area contributed by atoms with Crippen molar-refractivity contribution in [3.8, 4) is 0 Å². The molecule has 1 fully saturated rings. The fourth-order valence-corrected chi connectivity index (χ4v) is 1.95. The number of pyridine rings is 1. The van der Waals surface area contributed by atoms with Crippen LogP contribution in [0, 0.1) is 5.92 Å². The van der Waals surface area contributed by atoms with E-state index in [0.717, 1.165) is 5.92 Å². The maximum atomic E-state index is 4.02. The van der Waals surface area contributed by atoms with Gasteiger partial charge in [0.2, 0.25) is 0 Å². The van der Waals surface area contributed by atoms with Crippen LogP contribution in [-0.4, -0.2) is 18.1 Å². The minimum atomic E-state index is 0.830. The maximum absolute atomic E-state index is 4.02. The van der Waals surface area contributed by atoms with Crippen molar-refractivity contribution < 1.29 is 0 Å². The van der Waals surface area contributed by atoms with Crippen molar-refractivity contribution in [1.82, 2.24) is 10.3 Å². The average molecular weight is 176 g/mol. The summed E-state index contributed by atoms with van der Waals surface area (Å²) in [5, 5.41) is 3.44. The predicted octanol–water partition coefficient (Wildman–Crippen LogP) is 1.62. The molecule has 2 heteroatoms. The molecular formula is C11H16N2. The van der Waals surface area contributed by atoms with Crippen molar-refractivity contribution >= 4 is 0 Å². The second-order valence-corrected chi connectivity index (χ2v) is 3.77. The van der Waals surface area contributed by atoms with Crippen molar-refractivity contribution in [2.24, 2.45) is 5.92 Å². The number of nitrogens with one attached hydrogen (secondary N) is 1. The van der Waals surface area contributed by atoms with Crippen molar-refractivity contribution in [2.75, 3.05) is 13.1 Å². The molecule has 1 unspecified atom stereocenters. The number of hydrogen-bond acceptors (Lipinski definition) is 2. The van der Waals surface area contributed by atoms with E-state index in [0.29, 0.717) is 0 Å². The van der Waals surface area contributed by atoms with Crippen LogP contribution in [0.1, 0.15) is 18.4 Å². The monoisotopic (exact) mass is 176 g/mol. The molecular weight excluding hydrogens is 160 g/mol. The minimum Gasteiger partial charge on any atom is -0.316 e. The van der Waals surface area contributed by atoms with E-state index in [2.05, 4.69) is 22.4 Å². The summed E-state index contributed by atoms with van der Waals surface area (Å²) < 4.78 is 0. The Morgan fingerprint density at radius 2 is 2.23 bits per heavy atom. The Bertz CT molecular complexity index is 240. The Balaban J connectivity index is 1.90. The van der Waals surface area contributed by atoms with Gasteiger partial charge in [-0.25, -0.2) is 0 Å². The second-order valence-electron chi connectivity index (χ2n) is 3.77. The first-order valence-corrected chi connectivity index (χ1v) is 5.05. The summed E-state index contributed by atoms with van der Waals surface area (Å²) in [7, 11) is 0. The average Bonchev–Trinajstić information content (AvgIpc) is 2.21. The largest absolute Gasteiger partial charge is 0.316 e. The zero-order chi connectivity index (χ0) is 8.93. The standard InChI is InChI=1S/C11H16N2/c1-2-11(9-13-5-1)8-10-3-6-12-7-4-10/h3-4,6-7,11,13H,1-2,5,8-9H2. The van der Waals surface area contributed by atoms with Crippen molar-refractivity contribution in [1.29, 1.82) is 0 Å². The van der Waals surface area contributed by atoms with E-state index in [4.69, 9.17) is 0 Å². The molecule has 0 bridgehead atoms. The highest BCUT2D eigenvalue weighted by atomic mass is 14.9. The smallest absolute Gasteiger partial charge is 0.0270 e. The molecule has 13 heavy (non-hydrogen) atoms. The normalized spacial score (nSPS) is 22.9. The first-order chi connectivity index (χ1) is 6.45. The summed E-state index contributed by atoms with van der Waals surface area (Å²) in [6, 6.07) is 4.24. The molecule has 1 saturated heterocycles. The molecule has 1 N–H and O–H groups in total. The van der Waals surface area contributed by atoms with Gasteiger partial charge >= 0.3 is 0 Å². The summed E-state index contributed by atoms with van der Waals surface area (Å²) in [5.74, 6) is 0.830. The van der Waals surface area contributed by atoms with E-state index in [-0.39, 0.29) is 0 Å². The number of nitrogens with zero attached hydrogens (tertiary/aromatic N) is 1. The highest BCUT2D eigenvalue weighted by Crippen LogP contribution is 2.15. The van der Waals surface area contributed by atoms with E-state index in [1.54, 1.807) is 0 Å². The van der Waals surface area contributed by atoms with Crippen LogP contribution in [-0.2, 0) is 6.42 Å². The Kier molecular flexibility index (Phi) is 2.93. The molecule has 1 aliphatic rings. The van der Waals surface area contributed by atoms with Gasteiger partial charge in [-0.3, -0.25) is 4.98 Å². The third-order valence-electron chi connectivity index (χ3n) is 2.67. The van der Waals surface area contributed by atoms with Gasteiger partial charge in [-0.2, -0.15) is 0 Å². The van der Waals surface area contributed by atoms with E-state index in [1.807, 2.05) is 12.4 Å². The van der Waals surface area contributed by atoms with Crippen LogP contribution in [0.15, 0.2) is 24.5 Å². The third-order valence-corrected chi connectivity index (χ3v) is 2.67. The molecule has 0 radical (unpaired) electrons. The lowest BCUT2D eigenvalue weighted by atomic mass is 9.93. The van der Waals surface area contributed by atoms with Gasteiger partial charge < -0.3 is 5.32 Å². The zero-order valence-electron chi connectivity index (χ0n) is 7.87. The van der Waals surface area contributed by atoms with Crippen molar-refractivity contribution in [3.05, 3.63) is 30.1 Å². The SMILES string of the molecule is c1cc(CC2CCCNC2)ccn1. The highest BCUT2D eigenvalue weighted by molar-refractivity contribution is 5.10. The molecule has 0 aliphatic carbocycles. The van der Waals surface area contributed by atoms with Gasteiger partial charge in [-0.1, -0.05) is 0 Å². The van der Waals surface area contributed by atoms with Gasteiger partial charge in [-0.05, 0) is 56.0 Å². The lowest BCUT2D eigenvalue weighted by molar-refractivity contribution is 0.376. The lowest BCUT2D eigenvalue weighted by Gasteiger charge is -2.22. The maximum Gasteiger partial charge on any atom is 0.0270 e. The molecule has 0 saturated carbocycles. The summed E-state index contributed by atoms with van der Waals surface area (Å²) in [6.45, 7) is 2.38. The van der Waals surface area contributed by atoms with Gasteiger partial charge in [0.15, 0.2) is 0 Å². The molecule has 1 atom stereocenters. The van der Waals surface area contributed by atoms with Crippen LogP contribution in [0.2, 0.25) is 0 Å². The van der Waals surface area contributed by atoms with Crippen LogP contribution in [0.3, 0.4) is 0 Å². The Morgan fingerprint density at radius 3 is 2.92 bits per heavy atom. The van der Waals surface area contributed by atoms with Gasteiger partial charge in [0.1, 0.15) is 0 Å². The zero-order valence-corrected chi connectivity index (χ0v) is 7.87. The summed E-state index contributed by atoms with van der Waals surface area (Å²) >= 11 is 0. The van der Waals surface area contributed by atoms with Crippen LogP contribution in [0.25, 0.3) is 0 Å². The summed E-state index contributed by atoms with van der Waals surface area (Å²) in [6.07, 6.45) is 7.66. The highest BCUT2D eigenvalue weighted by Gasteiger charge is 2.12. The quantitative estimate of drug-likeness (QED) is 0.740.